The highest BCUT2D eigenvalue weighted by Crippen LogP contribution is 2.52. The van der Waals surface area contributed by atoms with Gasteiger partial charge in [-0.3, -0.25) is 47.3 Å². The number of aromatic amines is 2. The summed E-state index contributed by atoms with van der Waals surface area (Å²) in [6.45, 7) is 3.17. The number of aliphatic hydroxyl groups excluding tert-OH is 2. The summed E-state index contributed by atoms with van der Waals surface area (Å²) >= 11 is 5.49. The summed E-state index contributed by atoms with van der Waals surface area (Å²) in [6.07, 6.45) is -9.18. The van der Waals surface area contributed by atoms with E-state index in [2.05, 4.69) is 42.0 Å². The first-order valence-corrected chi connectivity index (χ1v) is 26.4. The normalized spacial score (nSPS) is 27.0. The summed E-state index contributed by atoms with van der Waals surface area (Å²) in [6, 6.07) is 15.5. The topological polar surface area (TPSA) is 316 Å². The number of alkyl halides is 4. The lowest BCUT2D eigenvalue weighted by Gasteiger charge is -2.33. The number of aliphatic hydroxyl groups is 2. The summed E-state index contributed by atoms with van der Waals surface area (Å²) in [5.74, 6) is -2.39. The van der Waals surface area contributed by atoms with E-state index in [1.54, 1.807) is 38.1 Å². The van der Waals surface area contributed by atoms with Crippen molar-refractivity contribution >= 4 is 59.3 Å². The minimum absolute atomic E-state index is 0.00213. The number of halogens is 4. The van der Waals surface area contributed by atoms with Crippen molar-refractivity contribution < 1.29 is 74.8 Å². The number of rotatable bonds is 23. The van der Waals surface area contributed by atoms with Gasteiger partial charge in [-0.05, 0) is 82.3 Å². The first-order chi connectivity index (χ1) is 33.8. The van der Waals surface area contributed by atoms with E-state index in [0.29, 0.717) is 9.13 Å². The van der Waals surface area contributed by atoms with Gasteiger partial charge < -0.3 is 38.2 Å². The van der Waals surface area contributed by atoms with Gasteiger partial charge in [0.25, 0.3) is 11.1 Å². The number of aromatic nitrogens is 4. The largest absolute Gasteiger partial charge is 0.461 e. The van der Waals surface area contributed by atoms with Gasteiger partial charge in [0.15, 0.2) is 12.5 Å². The number of carbonyl (C=O) groups excluding carboxylic acids is 2. The fraction of sp³-hybridized carbons (Fsp3) is 0.476. The number of esters is 2. The molecule has 2 aliphatic heterocycles. The number of H-pyrrole nitrogens is 2. The van der Waals surface area contributed by atoms with Crippen LogP contribution in [0.2, 0.25) is 0 Å². The predicted molar refractivity (Wildman–Crippen MR) is 255 cm³/mol. The van der Waals surface area contributed by atoms with Gasteiger partial charge in [0.1, 0.15) is 60.7 Å². The maximum atomic E-state index is 15.9. The molecule has 2 unspecified atom stereocenters. The zero-order chi connectivity index (χ0) is 52.8. The number of benzene rings is 2. The van der Waals surface area contributed by atoms with Crippen LogP contribution in [0.4, 0.5) is 8.78 Å². The molecule has 394 valence electrons. The van der Waals surface area contributed by atoms with Crippen LogP contribution in [0.1, 0.15) is 46.6 Å². The number of carbonyl (C=O) groups is 2. The van der Waals surface area contributed by atoms with Crippen molar-refractivity contribution in [1.82, 2.24) is 29.3 Å². The molecule has 24 nitrogen and oxygen atoms in total. The molecule has 0 aliphatic carbocycles. The highest BCUT2D eigenvalue weighted by atomic mass is 79.9. The molecule has 72 heavy (non-hydrogen) atoms. The maximum Gasteiger partial charge on any atom is 0.459 e. The SMILES string of the molecule is CC(C)CC(C)(N[P@@](=O)(OC[C@H]1O[C@@H](n2ccc(=O)[nH]c2=O)[C@@](F)(Br)[C@@H]1O)Oc1ccccc1)C(=O)OCCOC(=O)C(C)N[P@](=O)(OC[C@H]1O[C@@H](n2ccc(=O)[nH]c2=O)[C@@](F)(Br)[C@@H]1O)Oc1ccccc1. The highest BCUT2D eigenvalue weighted by molar-refractivity contribution is 9.10. The molecular formula is C42H50Br2F2N6O18P2. The van der Waals surface area contributed by atoms with E-state index in [4.69, 9.17) is 37.0 Å². The average molecular weight is 1190 g/mol. The van der Waals surface area contributed by atoms with Crippen LogP contribution < -0.4 is 41.7 Å². The van der Waals surface area contributed by atoms with Crippen molar-refractivity contribution in [3.63, 3.8) is 0 Å². The monoisotopic (exact) mass is 1180 g/mol. The molecule has 6 N–H and O–H groups in total. The van der Waals surface area contributed by atoms with E-state index >= 15 is 8.78 Å². The van der Waals surface area contributed by atoms with Crippen molar-refractivity contribution in [3.05, 3.63) is 127 Å². The zero-order valence-electron chi connectivity index (χ0n) is 38.5. The molecule has 0 saturated carbocycles. The molecule has 0 radical (unpaired) electrons. The van der Waals surface area contributed by atoms with Gasteiger partial charge in [-0.2, -0.15) is 10.2 Å². The van der Waals surface area contributed by atoms with Gasteiger partial charge in [-0.15, -0.1) is 0 Å². The lowest BCUT2D eigenvalue weighted by molar-refractivity contribution is -0.157. The number of nitrogens with zero attached hydrogens (tertiary/aromatic N) is 2. The van der Waals surface area contributed by atoms with Crippen molar-refractivity contribution in [2.75, 3.05) is 26.4 Å². The van der Waals surface area contributed by atoms with Crippen molar-refractivity contribution in [2.24, 2.45) is 5.92 Å². The molecule has 6 rings (SSSR count). The molecular weight excluding hydrogens is 1140 g/mol. The van der Waals surface area contributed by atoms with E-state index in [1.807, 2.05) is 9.97 Å². The van der Waals surface area contributed by atoms with Gasteiger partial charge in [-0.25, -0.2) is 27.5 Å². The first kappa shape index (κ1) is 56.6. The number of ether oxygens (including phenoxy) is 4. The zero-order valence-corrected chi connectivity index (χ0v) is 43.4. The number of hydrogen-bond acceptors (Lipinski definition) is 18. The molecule has 30 heteroatoms. The van der Waals surface area contributed by atoms with Crippen LogP contribution in [0.25, 0.3) is 0 Å². The van der Waals surface area contributed by atoms with Gasteiger partial charge in [0.05, 0.1) is 13.2 Å². The van der Waals surface area contributed by atoms with E-state index in [1.165, 1.54) is 50.2 Å². The molecule has 2 saturated heterocycles. The van der Waals surface area contributed by atoms with Crippen LogP contribution in [0.5, 0.6) is 11.5 Å². The van der Waals surface area contributed by atoms with Crippen LogP contribution in [0.15, 0.2) is 104 Å². The van der Waals surface area contributed by atoms with Crippen LogP contribution in [-0.4, -0.2) is 113 Å². The van der Waals surface area contributed by atoms with Crippen LogP contribution in [0.3, 0.4) is 0 Å². The molecule has 2 aromatic carbocycles. The van der Waals surface area contributed by atoms with Gasteiger partial charge in [0.2, 0.25) is 9.16 Å². The molecule has 0 amide bonds. The Hall–Kier alpha value is -4.70. The standard InChI is InChI=1S/C42H50Br2F2N6O18P2/c1-24(2)21-40(4,50-72(62,70-27-13-9-6-10-14-27)66-23-29-33(56)42(44,46)36(68-29)52-18-16-31(54)48-39(52)60)37(58)64-20-19-63-34(57)25(3)49-71(61,69-26-11-7-5-8-12-26)65-22-28-32(55)41(43,45)35(67-28)51-17-15-30(53)47-38(51)59/h5-18,24-25,28-29,32-33,35-36,55-56H,19-23H2,1-4H3,(H,49,61)(H,50,62)(H,47,53,59)(H,48,54,60)/t25?,28-,29-,32-,33-,35-,36-,40?,41-,42-,71+,72-/m1/s1. The third kappa shape index (κ3) is 13.7. The summed E-state index contributed by atoms with van der Waals surface area (Å²) in [7, 11) is -9.43. The van der Waals surface area contributed by atoms with Crippen molar-refractivity contribution in [2.45, 2.75) is 91.7 Å². The molecule has 2 fully saturated rings. The summed E-state index contributed by atoms with van der Waals surface area (Å²) in [5, 5.41) is 26.8. The Balaban J connectivity index is 1.10. The van der Waals surface area contributed by atoms with Gasteiger partial charge in [-0.1, -0.05) is 50.2 Å². The Morgan fingerprint density at radius 3 is 1.62 bits per heavy atom. The second kappa shape index (κ2) is 23.2. The second-order valence-electron chi connectivity index (χ2n) is 16.9. The van der Waals surface area contributed by atoms with Crippen molar-refractivity contribution in [3.8, 4) is 11.5 Å². The lowest BCUT2D eigenvalue weighted by atomic mass is 9.92. The Bertz CT molecular complexity index is 2880. The van der Waals surface area contributed by atoms with Gasteiger partial charge >= 0.3 is 38.8 Å². The number of para-hydroxylation sites is 2. The lowest BCUT2D eigenvalue weighted by Crippen LogP contribution is -2.51. The Kier molecular flexibility index (Phi) is 18.3. The Morgan fingerprint density at radius 2 is 1.18 bits per heavy atom. The highest BCUT2D eigenvalue weighted by Gasteiger charge is 2.59. The minimum Gasteiger partial charge on any atom is -0.461 e. The molecule has 2 aromatic heterocycles. The fourth-order valence-corrected chi connectivity index (χ4v) is 11.8. The molecule has 0 bridgehead atoms. The number of nitrogens with one attached hydrogen (secondary N) is 4. The summed E-state index contributed by atoms with van der Waals surface area (Å²) in [5.41, 5.74) is -5.56. The summed E-state index contributed by atoms with van der Waals surface area (Å²) in [4.78, 5) is 79.2. The fourth-order valence-electron chi connectivity index (χ4n) is 7.34. The third-order valence-electron chi connectivity index (χ3n) is 10.6. The van der Waals surface area contributed by atoms with E-state index in [0.717, 1.165) is 24.5 Å². The predicted octanol–water partition coefficient (Wildman–Crippen LogP) is 3.59. The second-order valence-corrected chi connectivity index (χ2v) is 22.7. The minimum atomic E-state index is -4.77. The van der Waals surface area contributed by atoms with Crippen LogP contribution >= 0.6 is 47.4 Å². The third-order valence-corrected chi connectivity index (χ3v) is 15.7. The van der Waals surface area contributed by atoms with Gasteiger partial charge in [0, 0.05) is 24.5 Å². The van der Waals surface area contributed by atoms with E-state index in [9.17, 15) is 48.1 Å². The van der Waals surface area contributed by atoms with E-state index < -0.39 is 134 Å². The Labute approximate surface area is 424 Å². The first-order valence-electron chi connectivity index (χ1n) is 21.7. The average Bonchev–Trinajstić information content (AvgIpc) is 3.67. The van der Waals surface area contributed by atoms with Crippen LogP contribution in [-0.2, 0) is 46.7 Å². The van der Waals surface area contributed by atoms with E-state index in [-0.39, 0.29) is 23.8 Å². The van der Waals surface area contributed by atoms with Crippen molar-refractivity contribution in [1.29, 1.82) is 0 Å². The molecule has 4 aromatic rings. The molecule has 12 atom stereocenters. The van der Waals surface area contributed by atoms with Crippen LogP contribution in [0, 0.1) is 5.92 Å². The Morgan fingerprint density at radius 1 is 0.750 bits per heavy atom. The molecule has 2 aliphatic rings. The molecule has 4 heterocycles. The smallest absolute Gasteiger partial charge is 0.459 e. The quantitative estimate of drug-likeness (QED) is 0.0267. The maximum absolute atomic E-state index is 15.9. The summed E-state index contributed by atoms with van der Waals surface area (Å²) < 4.78 is 101. The molecule has 0 spiro atoms. The number of hydrogen-bond donors (Lipinski definition) is 6.